The predicted molar refractivity (Wildman–Crippen MR) is 74.6 cm³/mol. The van der Waals surface area contributed by atoms with Crippen molar-refractivity contribution in [3.63, 3.8) is 0 Å². The Morgan fingerprint density at radius 2 is 1.53 bits per heavy atom. The lowest BCUT2D eigenvalue weighted by Gasteiger charge is -2.27. The molecule has 0 heterocycles. The number of phenolic OH excluding ortho intramolecular Hbond substituents is 1. The number of hydrogen-bond acceptors (Lipinski definition) is 1. The standard InChI is InChI=1S/C16H25O/c1-8-11-9-12(15(2,3)4)10-13(14(11)17)16(5,6)7/h9-10,17H,1,8H2,2-7H3. The van der Waals surface area contributed by atoms with E-state index in [1.807, 2.05) is 0 Å². The maximum Gasteiger partial charge on any atom is 0.122 e. The first-order chi connectivity index (χ1) is 7.57. The topological polar surface area (TPSA) is 20.2 Å². The van der Waals surface area contributed by atoms with Gasteiger partial charge in [-0.1, -0.05) is 53.7 Å². The van der Waals surface area contributed by atoms with E-state index in [9.17, 15) is 5.11 Å². The van der Waals surface area contributed by atoms with Crippen LogP contribution < -0.4 is 0 Å². The van der Waals surface area contributed by atoms with E-state index in [0.717, 1.165) is 11.1 Å². The maximum atomic E-state index is 10.3. The van der Waals surface area contributed by atoms with Crippen LogP contribution in [0.3, 0.4) is 0 Å². The molecule has 0 amide bonds. The summed E-state index contributed by atoms with van der Waals surface area (Å²) in [5.74, 6) is 0.417. The van der Waals surface area contributed by atoms with E-state index in [1.54, 1.807) is 0 Å². The molecule has 1 N–H and O–H groups in total. The van der Waals surface area contributed by atoms with Crippen LogP contribution in [0.15, 0.2) is 12.1 Å². The van der Waals surface area contributed by atoms with Crippen molar-refractivity contribution in [2.45, 2.75) is 58.8 Å². The molecule has 0 aliphatic heterocycles. The number of aromatic hydroxyl groups is 1. The Kier molecular flexibility index (Phi) is 3.61. The van der Waals surface area contributed by atoms with Gasteiger partial charge in [0.1, 0.15) is 5.75 Å². The molecule has 0 saturated heterocycles. The molecule has 0 spiro atoms. The Morgan fingerprint density at radius 1 is 1.00 bits per heavy atom. The fourth-order valence-corrected chi connectivity index (χ4v) is 1.89. The third-order valence-corrected chi connectivity index (χ3v) is 3.13. The Morgan fingerprint density at radius 3 is 1.88 bits per heavy atom. The minimum absolute atomic E-state index is 0.0464. The van der Waals surface area contributed by atoms with Crippen molar-refractivity contribution in [3.05, 3.63) is 35.7 Å². The van der Waals surface area contributed by atoms with Crippen molar-refractivity contribution >= 4 is 0 Å². The smallest absolute Gasteiger partial charge is 0.122 e. The van der Waals surface area contributed by atoms with Crippen LogP contribution in [0.1, 0.15) is 58.2 Å². The summed E-state index contributed by atoms with van der Waals surface area (Å²) in [7, 11) is 0. The summed E-state index contributed by atoms with van der Waals surface area (Å²) in [6.45, 7) is 16.9. The average molecular weight is 233 g/mol. The summed E-state index contributed by atoms with van der Waals surface area (Å²) < 4.78 is 0. The molecule has 1 aromatic rings. The predicted octanol–water partition coefficient (Wildman–Crippen LogP) is 4.36. The normalized spacial score (nSPS) is 12.9. The van der Waals surface area contributed by atoms with Crippen molar-refractivity contribution in [2.75, 3.05) is 0 Å². The summed E-state index contributed by atoms with van der Waals surface area (Å²) in [5.41, 5.74) is 3.28. The van der Waals surface area contributed by atoms with Gasteiger partial charge >= 0.3 is 0 Å². The number of benzene rings is 1. The highest BCUT2D eigenvalue weighted by molar-refractivity contribution is 5.48. The van der Waals surface area contributed by atoms with Crippen LogP contribution in [0.25, 0.3) is 0 Å². The van der Waals surface area contributed by atoms with Crippen molar-refractivity contribution in [1.29, 1.82) is 0 Å². The fourth-order valence-electron chi connectivity index (χ4n) is 1.89. The molecule has 1 heteroatoms. The quantitative estimate of drug-likeness (QED) is 0.764. The van der Waals surface area contributed by atoms with E-state index in [1.165, 1.54) is 5.56 Å². The van der Waals surface area contributed by atoms with Gasteiger partial charge in [0.25, 0.3) is 0 Å². The molecule has 95 valence electrons. The van der Waals surface area contributed by atoms with E-state index in [0.29, 0.717) is 12.2 Å². The van der Waals surface area contributed by atoms with E-state index < -0.39 is 0 Å². The van der Waals surface area contributed by atoms with E-state index in [-0.39, 0.29) is 10.8 Å². The molecule has 0 bridgehead atoms. The van der Waals surface area contributed by atoms with Crippen LogP contribution in [0.2, 0.25) is 0 Å². The Bertz CT molecular complexity index is 403. The van der Waals surface area contributed by atoms with Gasteiger partial charge in [-0.2, -0.15) is 0 Å². The summed E-state index contributed by atoms with van der Waals surface area (Å²) in [4.78, 5) is 0. The lowest BCUT2D eigenvalue weighted by atomic mass is 9.78. The lowest BCUT2D eigenvalue weighted by molar-refractivity contribution is 0.439. The van der Waals surface area contributed by atoms with Gasteiger partial charge in [-0.3, -0.25) is 0 Å². The third-order valence-electron chi connectivity index (χ3n) is 3.13. The largest absolute Gasteiger partial charge is 0.507 e. The van der Waals surface area contributed by atoms with Gasteiger partial charge in [0.2, 0.25) is 0 Å². The molecule has 0 fully saturated rings. The van der Waals surface area contributed by atoms with Gasteiger partial charge in [0.15, 0.2) is 0 Å². The average Bonchev–Trinajstić information content (AvgIpc) is 2.14. The highest BCUT2D eigenvalue weighted by Crippen LogP contribution is 2.37. The van der Waals surface area contributed by atoms with E-state index >= 15 is 0 Å². The van der Waals surface area contributed by atoms with Crippen molar-refractivity contribution in [3.8, 4) is 5.75 Å². The molecule has 1 rings (SSSR count). The van der Waals surface area contributed by atoms with Crippen LogP contribution in [0, 0.1) is 6.92 Å². The summed E-state index contributed by atoms with van der Waals surface area (Å²) in [6.07, 6.45) is 0.624. The number of phenols is 1. The molecule has 0 unspecified atom stereocenters. The second kappa shape index (κ2) is 4.36. The number of hydrogen-bond donors (Lipinski definition) is 1. The molecule has 0 saturated carbocycles. The van der Waals surface area contributed by atoms with E-state index in [2.05, 4.69) is 60.6 Å². The summed E-state index contributed by atoms with van der Waals surface area (Å²) in [5, 5.41) is 10.3. The fraction of sp³-hybridized carbons (Fsp3) is 0.562. The first kappa shape index (κ1) is 14.1. The summed E-state index contributed by atoms with van der Waals surface area (Å²) in [6, 6.07) is 4.21. The Balaban J connectivity index is 3.50. The molecule has 1 aromatic carbocycles. The molecule has 0 atom stereocenters. The highest BCUT2D eigenvalue weighted by Gasteiger charge is 2.24. The van der Waals surface area contributed by atoms with Crippen LogP contribution in [0.5, 0.6) is 5.75 Å². The van der Waals surface area contributed by atoms with Crippen molar-refractivity contribution in [2.24, 2.45) is 0 Å². The van der Waals surface area contributed by atoms with Crippen LogP contribution in [0.4, 0.5) is 0 Å². The molecule has 0 aliphatic carbocycles. The Labute approximate surface area is 106 Å². The minimum atomic E-state index is -0.0464. The van der Waals surface area contributed by atoms with Crippen molar-refractivity contribution < 1.29 is 5.11 Å². The summed E-state index contributed by atoms with van der Waals surface area (Å²) >= 11 is 0. The first-order valence-corrected chi connectivity index (χ1v) is 6.23. The number of rotatable bonds is 1. The third kappa shape index (κ3) is 3.02. The van der Waals surface area contributed by atoms with Gasteiger partial charge in [-0.05, 0) is 40.9 Å². The maximum absolute atomic E-state index is 10.3. The van der Waals surface area contributed by atoms with Crippen LogP contribution in [-0.4, -0.2) is 5.11 Å². The zero-order valence-corrected chi connectivity index (χ0v) is 12.0. The van der Waals surface area contributed by atoms with Crippen LogP contribution >= 0.6 is 0 Å². The second-order valence-corrected chi connectivity index (χ2v) is 6.78. The zero-order valence-electron chi connectivity index (χ0n) is 12.0. The molecular weight excluding hydrogens is 208 g/mol. The molecular formula is C16H25O. The van der Waals surface area contributed by atoms with E-state index in [4.69, 9.17) is 0 Å². The lowest BCUT2D eigenvalue weighted by Crippen LogP contribution is -2.17. The second-order valence-electron chi connectivity index (χ2n) is 6.78. The molecule has 0 aliphatic rings. The van der Waals surface area contributed by atoms with Crippen molar-refractivity contribution in [1.82, 2.24) is 0 Å². The SMILES string of the molecule is [CH2]Cc1cc(C(C)(C)C)cc(C(C)(C)C)c1O. The zero-order chi connectivity index (χ0) is 13.4. The highest BCUT2D eigenvalue weighted by atomic mass is 16.3. The molecule has 0 aromatic heterocycles. The van der Waals surface area contributed by atoms with Gasteiger partial charge < -0.3 is 5.11 Å². The minimum Gasteiger partial charge on any atom is -0.507 e. The first-order valence-electron chi connectivity index (χ1n) is 6.23. The monoisotopic (exact) mass is 233 g/mol. The molecule has 17 heavy (non-hydrogen) atoms. The van der Waals surface area contributed by atoms with Gasteiger partial charge in [0.05, 0.1) is 0 Å². The Hall–Kier alpha value is -0.980. The van der Waals surface area contributed by atoms with Gasteiger partial charge in [-0.15, -0.1) is 0 Å². The molecule has 1 radical (unpaired) electrons. The molecule has 1 nitrogen and oxygen atoms in total. The van der Waals surface area contributed by atoms with Crippen LogP contribution in [-0.2, 0) is 17.3 Å². The van der Waals surface area contributed by atoms with Gasteiger partial charge in [-0.25, -0.2) is 0 Å². The van der Waals surface area contributed by atoms with Gasteiger partial charge in [0, 0.05) is 0 Å².